The maximum Gasteiger partial charge on any atom is 1.00 e. The maximum absolute atomic E-state index is 10.7. The minimum absolute atomic E-state index is 0. The molecule has 0 radical (unpaired) electrons. The molecule has 4 heterocycles. The van der Waals surface area contributed by atoms with Gasteiger partial charge in [-0.3, -0.25) is 19.9 Å². The number of aryl methyl sites for hydroxylation is 4. The number of hydrogen-bond donors (Lipinski definition) is 0. The Morgan fingerprint density at radius 3 is 0.442 bits per heavy atom. The average Bonchev–Trinajstić information content (AvgIpc) is 0.811. The van der Waals surface area contributed by atoms with Crippen LogP contribution in [0.2, 0.25) is 0 Å². The van der Waals surface area contributed by atoms with Gasteiger partial charge in [-0.15, -0.1) is 0 Å². The van der Waals surface area contributed by atoms with E-state index in [1.807, 2.05) is 52.0 Å². The van der Waals surface area contributed by atoms with Crippen molar-refractivity contribution in [3.05, 3.63) is 338 Å². The first-order chi connectivity index (χ1) is 48.2. The summed E-state index contributed by atoms with van der Waals surface area (Å²) in [5.41, 5.74) is 8.13. The summed E-state index contributed by atoms with van der Waals surface area (Å²) >= 11 is 0. The van der Waals surface area contributed by atoms with Crippen LogP contribution >= 0.6 is 47.3 Å². The Kier molecular flexibility index (Phi) is 28.9. The fraction of sp³-hybridized carbons (Fsp3) is 0.100. The molecular formula is C80H76Cu2F12N4P6+4. The standard InChI is InChI=1S/2C26H24P2.2C14H12N2.2Cu.2F6P/c2*1-5-13-23(14-6-1)27(24-15-7-2-8-16-24)21-22-28(25-17-9-3-10-18-25)26-19-11-4-12-20-26;2*1-9-3-5-11-7-8-12-6-4-10(2)16-14(12)13(11)15-9;;;2*1-7(2,3,4,5)6/h2*1-20H,21-22H2;2*3-8H,1-2H3;;;;/q;;;;2*+1;2*-1/p+4. The first-order valence-corrected chi connectivity index (χ1v) is 43.4. The third-order valence-corrected chi connectivity index (χ3v) is 28.1. The van der Waals surface area contributed by atoms with Crippen molar-refractivity contribution in [1.82, 2.24) is 19.9 Å². The Morgan fingerprint density at radius 1 is 0.202 bits per heavy atom. The van der Waals surface area contributed by atoms with Crippen molar-refractivity contribution in [2.75, 3.05) is 24.6 Å². The Balaban J connectivity index is 0.000000185. The summed E-state index contributed by atoms with van der Waals surface area (Å²) in [7, 11) is -24.4. The van der Waals surface area contributed by atoms with Crippen molar-refractivity contribution < 1.29 is 84.5 Å². The van der Waals surface area contributed by atoms with E-state index in [9.17, 15) is 50.4 Å². The molecule has 0 saturated heterocycles. The summed E-state index contributed by atoms with van der Waals surface area (Å²) in [5.74, 6) is 0. The normalized spacial score (nSPS) is 12.5. The van der Waals surface area contributed by atoms with E-state index < -0.39 is 47.3 Å². The molecule has 0 aliphatic rings. The first-order valence-electron chi connectivity index (χ1n) is 32.5. The fourth-order valence-corrected chi connectivity index (χ4v) is 23.8. The molecule has 0 aliphatic carbocycles. The molecule has 14 aromatic rings. The van der Waals surface area contributed by atoms with Crippen molar-refractivity contribution in [1.29, 1.82) is 0 Å². The molecule has 0 aliphatic heterocycles. The van der Waals surface area contributed by atoms with E-state index in [0.717, 1.165) is 66.4 Å². The van der Waals surface area contributed by atoms with Crippen LogP contribution in [0.1, 0.15) is 22.8 Å². The van der Waals surface area contributed by atoms with Gasteiger partial charge in [-0.1, -0.05) is 194 Å². The minimum Gasteiger partial charge on any atom is -0.0620 e. The van der Waals surface area contributed by atoms with Gasteiger partial charge in [0.25, 0.3) is 0 Å². The topological polar surface area (TPSA) is 51.6 Å². The molecule has 0 N–H and O–H groups in total. The van der Waals surface area contributed by atoms with Crippen LogP contribution in [0.3, 0.4) is 0 Å². The molecular weight excluding hydrogens is 1560 g/mol. The first kappa shape index (κ1) is 83.9. The summed E-state index contributed by atoms with van der Waals surface area (Å²) in [6.45, 7) is 8.03. The van der Waals surface area contributed by atoms with E-state index in [-0.39, 0.29) is 34.1 Å². The molecule has 4 nitrogen and oxygen atoms in total. The number of aromatic nitrogens is 4. The van der Waals surface area contributed by atoms with Crippen molar-refractivity contribution >= 4 is 133 Å². The van der Waals surface area contributed by atoms with Gasteiger partial charge in [-0.2, -0.15) is 0 Å². The number of halogens is 12. The number of pyridine rings is 4. The zero-order valence-corrected chi connectivity index (χ0v) is 64.3. The number of benzene rings is 10. The fourth-order valence-electron chi connectivity index (χ4n) is 11.4. The predicted octanol–water partition coefficient (Wildman–Crippen LogP) is 23.0. The summed E-state index contributed by atoms with van der Waals surface area (Å²) in [5, 5.41) is 16.7. The summed E-state index contributed by atoms with van der Waals surface area (Å²) in [6, 6.07) is 114. The van der Waals surface area contributed by atoms with Crippen molar-refractivity contribution in [2.45, 2.75) is 27.7 Å². The number of nitrogens with zero attached hydrogens (tertiary/aromatic N) is 4. The molecule has 14 rings (SSSR count). The van der Waals surface area contributed by atoms with Crippen molar-refractivity contribution in [3.8, 4) is 0 Å². The van der Waals surface area contributed by atoms with E-state index in [0.29, 0.717) is 0 Å². The molecule has 0 saturated carbocycles. The van der Waals surface area contributed by atoms with Crippen LogP contribution in [0.25, 0.3) is 43.6 Å². The molecule has 104 heavy (non-hydrogen) atoms. The third-order valence-electron chi connectivity index (χ3n) is 15.8. The second-order valence-corrected chi connectivity index (χ2v) is 38.3. The average molecular weight is 1630 g/mol. The van der Waals surface area contributed by atoms with Crippen LogP contribution in [0.4, 0.5) is 50.4 Å². The maximum atomic E-state index is 9.87. The Morgan fingerprint density at radius 2 is 0.317 bits per heavy atom. The molecule has 0 amide bonds. The van der Waals surface area contributed by atoms with Crippen molar-refractivity contribution in [2.24, 2.45) is 0 Å². The third kappa shape index (κ3) is 29.2. The largest absolute Gasteiger partial charge is 1.00 e. The second kappa shape index (κ2) is 35.8. The van der Waals surface area contributed by atoms with E-state index >= 15 is 0 Å². The predicted molar refractivity (Wildman–Crippen MR) is 422 cm³/mol. The molecule has 4 aromatic heterocycles. The van der Waals surface area contributed by atoms with Gasteiger partial charge in [0.2, 0.25) is 0 Å². The van der Waals surface area contributed by atoms with Gasteiger partial charge in [0.1, 0.15) is 24.6 Å². The molecule has 0 spiro atoms. The van der Waals surface area contributed by atoms with Crippen molar-refractivity contribution in [3.63, 3.8) is 0 Å². The molecule has 0 unspecified atom stereocenters. The van der Waals surface area contributed by atoms with Gasteiger partial charge < -0.3 is 0 Å². The zero-order chi connectivity index (χ0) is 73.1. The summed E-state index contributed by atoms with van der Waals surface area (Å²) in [4.78, 5) is 18.3. The van der Waals surface area contributed by atoms with Crippen LogP contribution in [-0.4, -0.2) is 44.6 Å². The van der Waals surface area contributed by atoms with Gasteiger partial charge in [-0.05, 0) is 149 Å². The van der Waals surface area contributed by atoms with Gasteiger partial charge in [-0.25, -0.2) is 0 Å². The van der Waals surface area contributed by atoms with Crippen LogP contribution in [0, 0.1) is 27.7 Å². The Labute approximate surface area is 624 Å². The van der Waals surface area contributed by atoms with Gasteiger partial charge in [0.15, 0.2) is 0 Å². The number of fused-ring (bicyclic) bond motifs is 6. The second-order valence-electron chi connectivity index (χ2n) is 24.0. The van der Waals surface area contributed by atoms with Gasteiger partial charge >= 0.3 is 100 Å². The molecule has 0 bridgehead atoms. The van der Waals surface area contributed by atoms with Gasteiger partial charge in [0.05, 0.1) is 96.2 Å². The van der Waals surface area contributed by atoms with E-state index in [1.165, 1.54) is 67.1 Å². The van der Waals surface area contributed by atoms with Gasteiger partial charge in [0, 0.05) is 44.3 Å². The summed E-state index contributed by atoms with van der Waals surface area (Å²) < 4.78 is 118. The van der Waals surface area contributed by atoms with E-state index in [1.54, 1.807) is 0 Å². The number of rotatable bonds is 14. The summed E-state index contributed by atoms with van der Waals surface area (Å²) in [6.07, 6.45) is 5.04. The van der Waals surface area contributed by atoms with Crippen LogP contribution in [0.15, 0.2) is 315 Å². The Bertz CT molecular complexity index is 4210. The zero-order valence-electron chi connectivity index (χ0n) is 56.7. The number of hydrogen-bond acceptors (Lipinski definition) is 4. The Hall–Kier alpha value is -7.38. The SMILES string of the molecule is Cc1ccc2ccc3ccc(C)nc3c2n1.Cc1ccc2ccc3ccc(C)nc3c2n1.F[P-](F)(F)(F)(F)F.F[P-](F)(F)(F)(F)F.[Cu+].[Cu+].c1ccc([PH+](CC[PH+](c2ccccc2)c2ccccc2)c2ccccc2)cc1.c1ccc([PH+](CC[PH+](c2ccccc2)c2ccccc2)c2ccccc2)cc1. The van der Waals surface area contributed by atoms with Crippen LogP contribution in [0.5, 0.6) is 0 Å². The molecule has 24 heteroatoms. The van der Waals surface area contributed by atoms with Crippen LogP contribution < -0.4 is 42.4 Å². The monoisotopic (exact) mass is 1630 g/mol. The molecule has 10 aromatic carbocycles. The van der Waals surface area contributed by atoms with E-state index in [2.05, 4.69) is 311 Å². The minimum atomic E-state index is -10.7. The molecule has 0 atom stereocenters. The quantitative estimate of drug-likeness (QED) is 0.0471. The van der Waals surface area contributed by atoms with Crippen LogP contribution in [-0.2, 0) is 34.1 Å². The molecule has 0 fully saturated rings. The van der Waals surface area contributed by atoms with E-state index in [4.69, 9.17) is 0 Å². The smallest absolute Gasteiger partial charge is 0.0620 e. The molecule has 548 valence electrons.